The van der Waals surface area contributed by atoms with Crippen molar-refractivity contribution in [2.75, 3.05) is 0 Å². The van der Waals surface area contributed by atoms with Gasteiger partial charge in [0.05, 0.1) is 11.4 Å². The van der Waals surface area contributed by atoms with E-state index in [0.29, 0.717) is 0 Å². The van der Waals surface area contributed by atoms with Crippen molar-refractivity contribution in [1.29, 1.82) is 0 Å². The third kappa shape index (κ3) is 1.88. The predicted octanol–water partition coefficient (Wildman–Crippen LogP) is 4.05. The molecule has 0 aliphatic heterocycles. The van der Waals surface area contributed by atoms with Gasteiger partial charge >= 0.3 is 0 Å². The van der Waals surface area contributed by atoms with Crippen LogP contribution in [0, 0.1) is 13.8 Å². The van der Waals surface area contributed by atoms with Gasteiger partial charge in [0.2, 0.25) is 0 Å². The van der Waals surface area contributed by atoms with Gasteiger partial charge in [-0.05, 0) is 44.2 Å². The minimum Gasteiger partial charge on any atom is -0.452 e. The molecule has 0 amide bonds. The zero-order valence-corrected chi connectivity index (χ0v) is 11.8. The van der Waals surface area contributed by atoms with Crippen LogP contribution in [0.25, 0.3) is 33.3 Å². The maximum absolute atomic E-state index is 5.88. The van der Waals surface area contributed by atoms with Gasteiger partial charge < -0.3 is 4.42 Å². The fourth-order valence-corrected chi connectivity index (χ4v) is 2.61. The summed E-state index contributed by atoms with van der Waals surface area (Å²) >= 11 is 0. The van der Waals surface area contributed by atoms with Crippen LogP contribution < -0.4 is 0 Å². The summed E-state index contributed by atoms with van der Waals surface area (Å²) in [6.45, 7) is 3.84. The first kappa shape index (κ1) is 12.0. The lowest BCUT2D eigenvalue weighted by molar-refractivity contribution is 0.660. The molecule has 1 aromatic carbocycles. The lowest BCUT2D eigenvalue weighted by Gasteiger charge is -2.00. The fraction of sp³-hybridized carbons (Fsp3) is 0.118. The standard InChI is InChI=1S/C17H13N3O/c1-10-17-16(20-11(2)19-10)13-9-12(6-7-15(13)21-17)14-5-3-4-8-18-14/h3-9H,1-2H3. The largest absolute Gasteiger partial charge is 0.452 e. The molecule has 3 heterocycles. The molecule has 102 valence electrons. The molecule has 0 unspecified atom stereocenters. The molecule has 0 atom stereocenters. The SMILES string of the molecule is Cc1nc(C)c2oc3ccc(-c4ccccn4)cc3c2n1. The molecule has 0 N–H and O–H groups in total. The molecule has 21 heavy (non-hydrogen) atoms. The average molecular weight is 275 g/mol. The maximum Gasteiger partial charge on any atom is 0.175 e. The van der Waals surface area contributed by atoms with E-state index in [9.17, 15) is 0 Å². The van der Waals surface area contributed by atoms with Crippen molar-refractivity contribution in [1.82, 2.24) is 15.0 Å². The van der Waals surface area contributed by atoms with Crippen LogP contribution in [0.4, 0.5) is 0 Å². The summed E-state index contributed by atoms with van der Waals surface area (Å²) in [6, 6.07) is 12.0. The molecule has 0 saturated carbocycles. The van der Waals surface area contributed by atoms with Gasteiger partial charge in [-0.3, -0.25) is 4.98 Å². The Morgan fingerprint density at radius 1 is 1.00 bits per heavy atom. The zero-order chi connectivity index (χ0) is 14.4. The summed E-state index contributed by atoms with van der Waals surface area (Å²) in [5.74, 6) is 0.755. The summed E-state index contributed by atoms with van der Waals surface area (Å²) in [6.07, 6.45) is 1.80. The summed E-state index contributed by atoms with van der Waals surface area (Å²) in [4.78, 5) is 13.3. The highest BCUT2D eigenvalue weighted by atomic mass is 16.3. The second kappa shape index (κ2) is 4.38. The molecule has 0 saturated heterocycles. The Labute approximate surface area is 121 Å². The minimum atomic E-state index is 0.755. The number of rotatable bonds is 1. The number of hydrogen-bond donors (Lipinski definition) is 0. The smallest absolute Gasteiger partial charge is 0.175 e. The summed E-state index contributed by atoms with van der Waals surface area (Å²) in [5, 5.41) is 1.00. The van der Waals surface area contributed by atoms with Crippen LogP contribution in [0.1, 0.15) is 11.5 Å². The highest BCUT2D eigenvalue weighted by Gasteiger charge is 2.13. The summed E-state index contributed by atoms with van der Waals surface area (Å²) in [5.41, 5.74) is 5.32. The third-order valence-electron chi connectivity index (χ3n) is 3.55. The van der Waals surface area contributed by atoms with E-state index in [2.05, 4.69) is 21.0 Å². The molecule has 0 radical (unpaired) electrons. The topological polar surface area (TPSA) is 51.8 Å². The molecular formula is C17H13N3O. The number of aryl methyl sites for hydroxylation is 2. The van der Waals surface area contributed by atoms with Crippen molar-refractivity contribution in [3.63, 3.8) is 0 Å². The summed E-state index contributed by atoms with van der Waals surface area (Å²) < 4.78 is 5.88. The van der Waals surface area contributed by atoms with Crippen molar-refractivity contribution < 1.29 is 4.42 Å². The van der Waals surface area contributed by atoms with Gasteiger partial charge in [0.15, 0.2) is 5.58 Å². The zero-order valence-electron chi connectivity index (χ0n) is 11.8. The number of pyridine rings is 1. The van der Waals surface area contributed by atoms with E-state index in [-0.39, 0.29) is 0 Å². The van der Waals surface area contributed by atoms with Gasteiger partial charge in [-0.2, -0.15) is 0 Å². The van der Waals surface area contributed by atoms with E-state index in [0.717, 1.165) is 44.8 Å². The number of aromatic nitrogens is 3. The molecule has 0 fully saturated rings. The van der Waals surface area contributed by atoms with Crippen LogP contribution in [-0.4, -0.2) is 15.0 Å². The first-order valence-corrected chi connectivity index (χ1v) is 6.81. The number of hydrogen-bond acceptors (Lipinski definition) is 4. The van der Waals surface area contributed by atoms with Crippen molar-refractivity contribution in [2.45, 2.75) is 13.8 Å². The number of furan rings is 1. The van der Waals surface area contributed by atoms with E-state index in [4.69, 9.17) is 4.42 Å². The van der Waals surface area contributed by atoms with Crippen molar-refractivity contribution in [3.8, 4) is 11.3 Å². The molecule has 0 bridgehead atoms. The molecule has 0 aliphatic carbocycles. The molecule has 0 spiro atoms. The van der Waals surface area contributed by atoms with Gasteiger partial charge in [0, 0.05) is 17.1 Å². The average Bonchev–Trinajstić information content (AvgIpc) is 2.86. The Balaban J connectivity index is 2.05. The molecular weight excluding hydrogens is 262 g/mol. The number of fused-ring (bicyclic) bond motifs is 3. The van der Waals surface area contributed by atoms with Crippen molar-refractivity contribution in [3.05, 3.63) is 54.1 Å². The normalized spacial score (nSPS) is 11.3. The van der Waals surface area contributed by atoms with E-state index in [1.165, 1.54) is 0 Å². The minimum absolute atomic E-state index is 0.755. The van der Waals surface area contributed by atoms with Crippen LogP contribution in [0.5, 0.6) is 0 Å². The van der Waals surface area contributed by atoms with Crippen LogP contribution >= 0.6 is 0 Å². The molecule has 4 heteroatoms. The first-order valence-electron chi connectivity index (χ1n) is 6.81. The molecule has 3 aromatic heterocycles. The first-order chi connectivity index (χ1) is 10.2. The fourth-order valence-electron chi connectivity index (χ4n) is 2.61. The van der Waals surface area contributed by atoms with E-state index in [1.54, 1.807) is 6.20 Å². The molecule has 4 nitrogen and oxygen atoms in total. The van der Waals surface area contributed by atoms with Gasteiger partial charge in [-0.15, -0.1) is 0 Å². The predicted molar refractivity (Wildman–Crippen MR) is 82.0 cm³/mol. The van der Waals surface area contributed by atoms with Gasteiger partial charge in [0.25, 0.3) is 0 Å². The Morgan fingerprint density at radius 2 is 1.90 bits per heavy atom. The number of benzene rings is 1. The van der Waals surface area contributed by atoms with Crippen LogP contribution in [0.15, 0.2) is 47.0 Å². The highest BCUT2D eigenvalue weighted by molar-refractivity contribution is 6.04. The van der Waals surface area contributed by atoms with Gasteiger partial charge in [-0.1, -0.05) is 6.07 Å². The highest BCUT2D eigenvalue weighted by Crippen LogP contribution is 2.31. The Bertz CT molecular complexity index is 958. The van der Waals surface area contributed by atoms with Crippen LogP contribution in [0.3, 0.4) is 0 Å². The van der Waals surface area contributed by atoms with Gasteiger partial charge in [0.1, 0.15) is 16.9 Å². The third-order valence-corrected chi connectivity index (χ3v) is 3.55. The van der Waals surface area contributed by atoms with Crippen molar-refractivity contribution >= 4 is 22.1 Å². The van der Waals surface area contributed by atoms with E-state index >= 15 is 0 Å². The van der Waals surface area contributed by atoms with Crippen LogP contribution in [0.2, 0.25) is 0 Å². The van der Waals surface area contributed by atoms with Crippen molar-refractivity contribution in [2.24, 2.45) is 0 Å². The molecule has 4 rings (SSSR count). The van der Waals surface area contributed by atoms with E-state index in [1.807, 2.05) is 44.2 Å². The summed E-state index contributed by atoms with van der Waals surface area (Å²) in [7, 11) is 0. The lowest BCUT2D eigenvalue weighted by Crippen LogP contribution is -1.90. The van der Waals surface area contributed by atoms with E-state index < -0.39 is 0 Å². The Kier molecular flexibility index (Phi) is 2.51. The quantitative estimate of drug-likeness (QED) is 0.525. The Morgan fingerprint density at radius 3 is 2.71 bits per heavy atom. The molecule has 4 aromatic rings. The molecule has 0 aliphatic rings. The second-order valence-electron chi connectivity index (χ2n) is 5.06. The monoisotopic (exact) mass is 275 g/mol. The Hall–Kier alpha value is -2.75. The maximum atomic E-state index is 5.88. The van der Waals surface area contributed by atoms with Gasteiger partial charge in [-0.25, -0.2) is 9.97 Å². The number of nitrogens with zero attached hydrogens (tertiary/aromatic N) is 3. The van der Waals surface area contributed by atoms with Crippen LogP contribution in [-0.2, 0) is 0 Å². The second-order valence-corrected chi connectivity index (χ2v) is 5.06. The lowest BCUT2D eigenvalue weighted by atomic mass is 10.1.